The summed E-state index contributed by atoms with van der Waals surface area (Å²) in [4.78, 5) is 0. The molecule has 0 amide bonds. The lowest BCUT2D eigenvalue weighted by molar-refractivity contribution is 0.00720. The first-order chi connectivity index (χ1) is 11.1. The highest BCUT2D eigenvalue weighted by Crippen LogP contribution is 2.48. The maximum absolute atomic E-state index is 10.5. The van der Waals surface area contributed by atoms with Crippen molar-refractivity contribution in [2.75, 3.05) is 12.4 Å². The molecule has 2 heterocycles. The molecule has 0 aliphatic carbocycles. The molecule has 2 fully saturated rings. The third-order valence-electron chi connectivity index (χ3n) is 5.56. The van der Waals surface area contributed by atoms with Crippen LogP contribution in [0.25, 0.3) is 0 Å². The molecule has 0 aromatic heterocycles. The van der Waals surface area contributed by atoms with Crippen molar-refractivity contribution in [1.82, 2.24) is 0 Å². The summed E-state index contributed by atoms with van der Waals surface area (Å²) in [7, 11) is -4.97. The van der Waals surface area contributed by atoms with Crippen LogP contribution in [0.4, 0.5) is 0 Å². The summed E-state index contributed by atoms with van der Waals surface area (Å²) in [5.74, 6) is 0.733. The average Bonchev–Trinajstić information content (AvgIpc) is 2.77. The smallest absolute Gasteiger partial charge is 0.335 e. The van der Waals surface area contributed by atoms with E-state index in [0.717, 1.165) is 5.75 Å². The van der Waals surface area contributed by atoms with Crippen molar-refractivity contribution in [3.63, 3.8) is 0 Å². The van der Waals surface area contributed by atoms with Crippen LogP contribution in [-0.2, 0) is 13.0 Å². The SMILES string of the molecule is CC(C)[Si]1(C(C)C)OC[C@H]2SC[C@@H](O)[C@@H]2O[Si](C(C)C)(C(C)C)O1. The Balaban J connectivity index is 2.51. The van der Waals surface area contributed by atoms with Gasteiger partial charge in [0.1, 0.15) is 0 Å². The van der Waals surface area contributed by atoms with E-state index in [1.165, 1.54) is 0 Å². The first kappa shape index (κ1) is 20.9. The number of rotatable bonds is 4. The molecule has 2 rings (SSSR count). The standard InChI is InChI=1S/C17H36O4SSi2/c1-11(2)23(12(3)4)19-9-16-17(15(18)10-22-16)20-24(21-23,13(5)6)14(7)8/h11-18H,9-10H2,1-8H3/t15-,16-,17+/m1/s1. The zero-order valence-corrected chi connectivity index (χ0v) is 19.4. The van der Waals surface area contributed by atoms with E-state index in [1.54, 1.807) is 11.8 Å². The fourth-order valence-corrected chi connectivity index (χ4v) is 16.8. The van der Waals surface area contributed by atoms with Crippen LogP contribution in [0.1, 0.15) is 55.4 Å². The maximum Gasteiger partial charge on any atom is 0.335 e. The van der Waals surface area contributed by atoms with Gasteiger partial charge in [-0.15, -0.1) is 0 Å². The zero-order chi connectivity index (χ0) is 18.3. The minimum atomic E-state index is -2.55. The van der Waals surface area contributed by atoms with Crippen molar-refractivity contribution in [3.8, 4) is 0 Å². The molecular formula is C17H36O4SSi2. The molecule has 4 nitrogen and oxygen atoms in total. The van der Waals surface area contributed by atoms with Crippen molar-refractivity contribution < 1.29 is 18.1 Å². The van der Waals surface area contributed by atoms with E-state index in [9.17, 15) is 5.11 Å². The molecule has 2 aliphatic heterocycles. The Kier molecular flexibility index (Phi) is 6.72. The van der Waals surface area contributed by atoms with Gasteiger partial charge in [0.2, 0.25) is 0 Å². The molecule has 0 saturated carbocycles. The normalized spacial score (nSPS) is 33.1. The van der Waals surface area contributed by atoms with Crippen molar-refractivity contribution in [2.24, 2.45) is 0 Å². The van der Waals surface area contributed by atoms with Gasteiger partial charge in [-0.05, 0) is 22.2 Å². The third kappa shape index (κ3) is 3.55. The molecule has 0 bridgehead atoms. The van der Waals surface area contributed by atoms with E-state index in [1.807, 2.05) is 0 Å². The summed E-state index contributed by atoms with van der Waals surface area (Å²) < 4.78 is 20.5. The Hall–Kier alpha value is 0.624. The molecular weight excluding hydrogens is 356 g/mol. The van der Waals surface area contributed by atoms with Crippen molar-refractivity contribution >= 4 is 28.9 Å². The van der Waals surface area contributed by atoms with Crippen molar-refractivity contribution in [1.29, 1.82) is 0 Å². The molecule has 0 radical (unpaired) electrons. The van der Waals surface area contributed by atoms with Crippen LogP contribution in [0.5, 0.6) is 0 Å². The molecule has 3 atom stereocenters. The molecule has 142 valence electrons. The number of thioether (sulfide) groups is 1. The average molecular weight is 393 g/mol. The number of hydrogen-bond acceptors (Lipinski definition) is 5. The zero-order valence-electron chi connectivity index (χ0n) is 16.5. The lowest BCUT2D eigenvalue weighted by atomic mass is 10.2. The van der Waals surface area contributed by atoms with Gasteiger partial charge in [0.05, 0.1) is 24.1 Å². The number of fused-ring (bicyclic) bond motifs is 1. The van der Waals surface area contributed by atoms with Gasteiger partial charge in [0.25, 0.3) is 0 Å². The lowest BCUT2D eigenvalue weighted by Crippen LogP contribution is -2.65. The fourth-order valence-electron chi connectivity index (χ4n) is 4.10. The summed E-state index contributed by atoms with van der Waals surface area (Å²) in [5, 5.41) is 10.7. The first-order valence-electron chi connectivity index (χ1n) is 9.38. The second-order valence-electron chi connectivity index (χ2n) is 8.50. The number of aliphatic hydroxyl groups excluding tert-OH is 1. The summed E-state index contributed by atoms with van der Waals surface area (Å²) in [6.45, 7) is 18.5. The predicted molar refractivity (Wildman–Crippen MR) is 106 cm³/mol. The summed E-state index contributed by atoms with van der Waals surface area (Å²) in [6.07, 6.45) is -0.568. The summed E-state index contributed by atoms with van der Waals surface area (Å²) in [6, 6.07) is 0. The van der Waals surface area contributed by atoms with Crippen molar-refractivity contribution in [2.45, 2.75) is 95.0 Å². The minimum absolute atomic E-state index is 0.155. The van der Waals surface area contributed by atoms with E-state index in [2.05, 4.69) is 55.4 Å². The molecule has 24 heavy (non-hydrogen) atoms. The first-order valence-corrected chi connectivity index (χ1v) is 14.4. The molecule has 2 aliphatic rings. The number of hydrogen-bond donors (Lipinski definition) is 1. The highest BCUT2D eigenvalue weighted by Gasteiger charge is 2.60. The second-order valence-corrected chi connectivity index (χ2v) is 18.6. The monoisotopic (exact) mass is 392 g/mol. The molecule has 0 aromatic rings. The molecule has 2 saturated heterocycles. The Morgan fingerprint density at radius 3 is 1.83 bits per heavy atom. The van der Waals surface area contributed by atoms with Crippen molar-refractivity contribution in [3.05, 3.63) is 0 Å². The minimum Gasteiger partial charge on any atom is -0.414 e. The third-order valence-corrected chi connectivity index (χ3v) is 17.2. The van der Waals surface area contributed by atoms with Crippen LogP contribution >= 0.6 is 11.8 Å². The molecule has 0 spiro atoms. The topological polar surface area (TPSA) is 47.9 Å². The van der Waals surface area contributed by atoms with Gasteiger partial charge in [-0.25, -0.2) is 0 Å². The quantitative estimate of drug-likeness (QED) is 0.718. The van der Waals surface area contributed by atoms with E-state index < -0.39 is 23.2 Å². The highest BCUT2D eigenvalue weighted by molar-refractivity contribution is 8.00. The predicted octanol–water partition coefficient (Wildman–Crippen LogP) is 4.42. The van der Waals surface area contributed by atoms with Crippen LogP contribution < -0.4 is 0 Å². The highest BCUT2D eigenvalue weighted by atomic mass is 32.2. The van der Waals surface area contributed by atoms with E-state index >= 15 is 0 Å². The van der Waals surface area contributed by atoms with Gasteiger partial charge in [-0.2, -0.15) is 11.8 Å². The van der Waals surface area contributed by atoms with Crippen LogP contribution in [-0.4, -0.2) is 52.0 Å². The van der Waals surface area contributed by atoms with E-state index in [0.29, 0.717) is 28.8 Å². The Labute approximate surface area is 154 Å². The van der Waals surface area contributed by atoms with Crippen LogP contribution in [0.15, 0.2) is 0 Å². The second kappa shape index (κ2) is 7.70. The maximum atomic E-state index is 10.5. The van der Waals surface area contributed by atoms with Crippen LogP contribution in [0.3, 0.4) is 0 Å². The van der Waals surface area contributed by atoms with Gasteiger partial charge < -0.3 is 18.1 Å². The lowest BCUT2D eigenvalue weighted by Gasteiger charge is -2.51. The van der Waals surface area contributed by atoms with Crippen LogP contribution in [0, 0.1) is 0 Å². The van der Waals surface area contributed by atoms with Gasteiger partial charge in [-0.1, -0.05) is 55.4 Å². The van der Waals surface area contributed by atoms with Gasteiger partial charge in [0, 0.05) is 5.75 Å². The molecule has 7 heteroatoms. The van der Waals surface area contributed by atoms with E-state index in [4.69, 9.17) is 13.0 Å². The Bertz CT molecular complexity index is 415. The Morgan fingerprint density at radius 2 is 1.38 bits per heavy atom. The van der Waals surface area contributed by atoms with Gasteiger partial charge in [0.15, 0.2) is 0 Å². The molecule has 1 N–H and O–H groups in total. The van der Waals surface area contributed by atoms with Gasteiger partial charge >= 0.3 is 17.1 Å². The summed E-state index contributed by atoms with van der Waals surface area (Å²) >= 11 is 1.79. The molecule has 0 aromatic carbocycles. The van der Waals surface area contributed by atoms with Crippen LogP contribution in [0.2, 0.25) is 22.2 Å². The van der Waals surface area contributed by atoms with E-state index in [-0.39, 0.29) is 11.4 Å². The Morgan fingerprint density at radius 1 is 0.875 bits per heavy atom. The van der Waals surface area contributed by atoms with Gasteiger partial charge in [-0.3, -0.25) is 0 Å². The fraction of sp³-hybridized carbons (Fsp3) is 1.00. The largest absolute Gasteiger partial charge is 0.414 e. The summed E-state index contributed by atoms with van der Waals surface area (Å²) in [5.41, 5.74) is 1.39. The number of aliphatic hydroxyl groups is 1. The molecule has 0 unspecified atom stereocenters.